The molecule has 3 rings (SSSR count). The van der Waals surface area contributed by atoms with E-state index in [2.05, 4.69) is 10.6 Å². The fourth-order valence-corrected chi connectivity index (χ4v) is 3.75. The van der Waals surface area contributed by atoms with Crippen LogP contribution in [0.1, 0.15) is 41.7 Å². The number of hydrogen-bond acceptors (Lipinski definition) is 3. The normalized spacial score (nSPS) is 22.6. The summed E-state index contributed by atoms with van der Waals surface area (Å²) in [6, 6.07) is 9.74. The van der Waals surface area contributed by atoms with Crippen LogP contribution in [0.25, 0.3) is 0 Å². The zero-order valence-corrected chi connectivity index (χ0v) is 17.3. The molecule has 1 fully saturated rings. The third kappa shape index (κ3) is 5.07. The minimum Gasteiger partial charge on any atom is -0.371 e. The molecule has 10 heteroatoms. The quantitative estimate of drug-likeness (QED) is 0.609. The van der Waals surface area contributed by atoms with E-state index in [0.717, 1.165) is 5.56 Å². The molecule has 2 aromatic rings. The van der Waals surface area contributed by atoms with Gasteiger partial charge in [0.2, 0.25) is 5.91 Å². The number of carbonyl (C=O) groups excluding carboxylic acids is 1. The number of carbonyl (C=O) groups is 1. The van der Waals surface area contributed by atoms with E-state index in [0.29, 0.717) is 18.6 Å². The zero-order chi connectivity index (χ0) is 23.7. The summed E-state index contributed by atoms with van der Waals surface area (Å²) in [5, 5.41) is 5.76. The summed E-state index contributed by atoms with van der Waals surface area (Å²) in [4.78, 5) is 12.3. The van der Waals surface area contributed by atoms with Gasteiger partial charge in [-0.2, -0.15) is 26.3 Å². The summed E-state index contributed by atoms with van der Waals surface area (Å²) in [6.45, 7) is 1.24. The van der Waals surface area contributed by atoms with Gasteiger partial charge in [0.25, 0.3) is 0 Å². The van der Waals surface area contributed by atoms with Gasteiger partial charge in [-0.1, -0.05) is 30.3 Å². The molecule has 1 saturated heterocycles. The van der Waals surface area contributed by atoms with Crippen LogP contribution >= 0.6 is 0 Å². The van der Waals surface area contributed by atoms with Gasteiger partial charge in [-0.3, -0.25) is 4.79 Å². The highest BCUT2D eigenvalue weighted by Crippen LogP contribution is 2.39. The zero-order valence-electron chi connectivity index (χ0n) is 17.3. The molecule has 0 aliphatic carbocycles. The van der Waals surface area contributed by atoms with Gasteiger partial charge in [0, 0.05) is 6.42 Å². The van der Waals surface area contributed by atoms with E-state index in [9.17, 15) is 31.1 Å². The molecule has 1 amide bonds. The van der Waals surface area contributed by atoms with Crippen LogP contribution < -0.4 is 10.6 Å². The Morgan fingerprint density at radius 2 is 1.62 bits per heavy atom. The Bertz CT molecular complexity index is 929. The van der Waals surface area contributed by atoms with Crippen LogP contribution in [0.2, 0.25) is 0 Å². The number of amides is 1. The van der Waals surface area contributed by atoms with Crippen LogP contribution in [0.15, 0.2) is 48.5 Å². The third-order valence-electron chi connectivity index (χ3n) is 5.57. The lowest BCUT2D eigenvalue weighted by Crippen LogP contribution is -2.43. The third-order valence-corrected chi connectivity index (χ3v) is 5.57. The van der Waals surface area contributed by atoms with Gasteiger partial charge in [-0.15, -0.1) is 0 Å². The number of benzene rings is 2. The molecule has 3 atom stereocenters. The summed E-state index contributed by atoms with van der Waals surface area (Å²) in [7, 11) is 1.62. The maximum Gasteiger partial charge on any atom is 0.416 e. The van der Waals surface area contributed by atoms with Crippen LogP contribution in [-0.2, 0) is 27.4 Å². The highest BCUT2D eigenvalue weighted by atomic mass is 19.4. The number of nitrogens with one attached hydrogen (secondary N) is 2. The number of halogens is 6. The first-order valence-electron chi connectivity index (χ1n) is 9.81. The molecule has 4 nitrogen and oxygen atoms in total. The summed E-state index contributed by atoms with van der Waals surface area (Å²) >= 11 is 0. The lowest BCUT2D eigenvalue weighted by atomic mass is 9.88. The molecule has 1 aliphatic heterocycles. The Kier molecular flexibility index (Phi) is 6.57. The average molecular weight is 460 g/mol. The first-order valence-corrected chi connectivity index (χ1v) is 9.81. The molecule has 32 heavy (non-hydrogen) atoms. The van der Waals surface area contributed by atoms with Crippen molar-refractivity contribution in [3.8, 4) is 0 Å². The smallest absolute Gasteiger partial charge is 0.371 e. The molecule has 0 bridgehead atoms. The lowest BCUT2D eigenvalue weighted by Gasteiger charge is -2.31. The van der Waals surface area contributed by atoms with Gasteiger partial charge in [-0.05, 0) is 43.3 Å². The SMILES string of the molecule is CN[C@@H]1C[C@@](CO[C@H](C)c2cc(C(F)(F)F)cc(C(F)(F)F)c2)(c2ccccc2)NC1=O. The van der Waals surface area contributed by atoms with Gasteiger partial charge in [0.15, 0.2) is 0 Å². The summed E-state index contributed by atoms with van der Waals surface area (Å²) in [6.07, 6.45) is -10.7. The van der Waals surface area contributed by atoms with E-state index in [1.54, 1.807) is 37.4 Å². The van der Waals surface area contributed by atoms with Gasteiger partial charge in [0.1, 0.15) is 0 Å². The molecule has 2 aromatic carbocycles. The Hall–Kier alpha value is -2.59. The molecule has 0 spiro atoms. The second kappa shape index (κ2) is 8.74. The van der Waals surface area contributed by atoms with Crippen molar-refractivity contribution in [3.05, 3.63) is 70.8 Å². The minimum atomic E-state index is -4.94. The Balaban J connectivity index is 1.90. The number of alkyl halides is 6. The summed E-state index contributed by atoms with van der Waals surface area (Å²) in [5.74, 6) is -0.272. The van der Waals surface area contributed by atoms with Crippen molar-refractivity contribution in [2.75, 3.05) is 13.7 Å². The van der Waals surface area contributed by atoms with Crippen molar-refractivity contribution in [1.82, 2.24) is 10.6 Å². The van der Waals surface area contributed by atoms with Gasteiger partial charge < -0.3 is 15.4 Å². The van der Waals surface area contributed by atoms with Crippen molar-refractivity contribution in [2.45, 2.75) is 43.4 Å². The van der Waals surface area contributed by atoms with Crippen LogP contribution in [0.5, 0.6) is 0 Å². The molecule has 1 heterocycles. The fraction of sp³-hybridized carbons (Fsp3) is 0.409. The van der Waals surface area contributed by atoms with Crippen LogP contribution in [0, 0.1) is 0 Å². The van der Waals surface area contributed by atoms with Crippen LogP contribution in [0.4, 0.5) is 26.3 Å². The first kappa shape index (κ1) is 24.1. The Morgan fingerprint density at radius 1 is 1.06 bits per heavy atom. The number of hydrogen-bond donors (Lipinski definition) is 2. The number of ether oxygens (including phenoxy) is 1. The van der Waals surface area contributed by atoms with Crippen molar-refractivity contribution in [1.29, 1.82) is 0 Å². The maximum atomic E-state index is 13.2. The van der Waals surface area contributed by atoms with Crippen molar-refractivity contribution < 1.29 is 35.9 Å². The van der Waals surface area contributed by atoms with E-state index < -0.39 is 41.2 Å². The van der Waals surface area contributed by atoms with E-state index in [-0.39, 0.29) is 24.1 Å². The average Bonchev–Trinajstić information content (AvgIpc) is 3.08. The van der Waals surface area contributed by atoms with Gasteiger partial charge >= 0.3 is 12.4 Å². The second-order valence-corrected chi connectivity index (χ2v) is 7.78. The van der Waals surface area contributed by atoms with E-state index >= 15 is 0 Å². The molecule has 0 saturated carbocycles. The molecule has 2 N–H and O–H groups in total. The highest BCUT2D eigenvalue weighted by molar-refractivity contribution is 5.85. The molecule has 174 valence electrons. The van der Waals surface area contributed by atoms with E-state index in [1.807, 2.05) is 0 Å². The lowest BCUT2D eigenvalue weighted by molar-refractivity contribution is -0.143. The molecule has 0 aromatic heterocycles. The van der Waals surface area contributed by atoms with Crippen LogP contribution in [0.3, 0.4) is 0 Å². The summed E-state index contributed by atoms with van der Waals surface area (Å²) in [5.41, 5.74) is -3.32. The number of likely N-dealkylation sites (N-methyl/N-ethyl adjacent to an activating group) is 1. The highest BCUT2D eigenvalue weighted by Gasteiger charge is 2.45. The van der Waals surface area contributed by atoms with Crippen LogP contribution in [-0.4, -0.2) is 25.6 Å². The Labute approximate surface area is 181 Å². The molecular weight excluding hydrogens is 438 g/mol. The standard InChI is InChI=1S/C22H22F6N2O2/c1-13(14-8-16(21(23,24)25)10-17(9-14)22(26,27)28)32-12-20(15-6-4-3-5-7-15)11-18(29-2)19(31)30-20/h3-10,13,18,29H,11-12H2,1-2H3,(H,30,31)/t13-,18-,20-/m1/s1. The maximum absolute atomic E-state index is 13.2. The van der Waals surface area contributed by atoms with Gasteiger partial charge in [-0.25, -0.2) is 0 Å². The predicted octanol–water partition coefficient (Wildman–Crippen LogP) is 4.81. The van der Waals surface area contributed by atoms with E-state index in [1.165, 1.54) is 6.92 Å². The molecular formula is C22H22F6N2O2. The van der Waals surface area contributed by atoms with Gasteiger partial charge in [0.05, 0.1) is 35.4 Å². The molecule has 1 aliphatic rings. The topological polar surface area (TPSA) is 50.4 Å². The molecule has 0 unspecified atom stereocenters. The Morgan fingerprint density at radius 3 is 2.09 bits per heavy atom. The fourth-order valence-electron chi connectivity index (χ4n) is 3.75. The van der Waals surface area contributed by atoms with Crippen molar-refractivity contribution in [3.63, 3.8) is 0 Å². The predicted molar refractivity (Wildman–Crippen MR) is 105 cm³/mol. The number of rotatable bonds is 6. The monoisotopic (exact) mass is 460 g/mol. The summed E-state index contributed by atoms with van der Waals surface area (Å²) < 4.78 is 84.8. The minimum absolute atomic E-state index is 0.0798. The first-order chi connectivity index (χ1) is 14.9. The van der Waals surface area contributed by atoms with Crippen molar-refractivity contribution in [2.24, 2.45) is 0 Å². The second-order valence-electron chi connectivity index (χ2n) is 7.78. The largest absolute Gasteiger partial charge is 0.416 e. The van der Waals surface area contributed by atoms with Crippen molar-refractivity contribution >= 4 is 5.91 Å². The van der Waals surface area contributed by atoms with E-state index in [4.69, 9.17) is 4.74 Å². The molecule has 0 radical (unpaired) electrons.